The molecule has 0 fully saturated rings. The number of nitro benzene ring substituents is 1. The predicted molar refractivity (Wildman–Crippen MR) is 89.5 cm³/mol. The third kappa shape index (κ3) is 3.49. The highest BCUT2D eigenvalue weighted by Crippen LogP contribution is 2.34. The van der Waals surface area contributed by atoms with Crippen LogP contribution < -0.4 is 14.2 Å². The number of fused-ring (bicyclic) bond motifs is 2. The van der Waals surface area contributed by atoms with Crippen molar-refractivity contribution in [3.8, 4) is 17.2 Å². The number of benzene rings is 2. The number of nitrogens with zero attached hydrogens (tertiary/aromatic N) is 1. The molecule has 0 aromatic heterocycles. The van der Waals surface area contributed by atoms with Crippen LogP contribution >= 0.6 is 0 Å². The van der Waals surface area contributed by atoms with E-state index in [0.29, 0.717) is 28.4 Å². The van der Waals surface area contributed by atoms with Crippen molar-refractivity contribution in [1.29, 1.82) is 0 Å². The van der Waals surface area contributed by atoms with Gasteiger partial charge in [0.25, 0.3) is 5.69 Å². The van der Waals surface area contributed by atoms with E-state index in [1.165, 1.54) is 12.1 Å². The molecule has 1 atom stereocenters. The molecule has 9 heteroatoms. The third-order valence-corrected chi connectivity index (χ3v) is 4.12. The van der Waals surface area contributed by atoms with Gasteiger partial charge in [-0.15, -0.1) is 0 Å². The van der Waals surface area contributed by atoms with Crippen molar-refractivity contribution in [2.45, 2.75) is 19.3 Å². The summed E-state index contributed by atoms with van der Waals surface area (Å²) < 4.78 is 27.0. The van der Waals surface area contributed by atoms with E-state index in [0.717, 1.165) is 0 Å². The quantitative estimate of drug-likeness (QED) is 0.457. The van der Waals surface area contributed by atoms with E-state index in [1.54, 1.807) is 24.3 Å². The molecule has 0 N–H and O–H groups in total. The molecule has 9 nitrogen and oxygen atoms in total. The number of ether oxygens (including phenoxy) is 5. The average molecular weight is 373 g/mol. The van der Waals surface area contributed by atoms with Gasteiger partial charge in [0.2, 0.25) is 6.10 Å². The summed E-state index contributed by atoms with van der Waals surface area (Å²) in [7, 11) is 0. The van der Waals surface area contributed by atoms with Crippen LogP contribution in [-0.2, 0) is 27.5 Å². The molecule has 2 aromatic carbocycles. The van der Waals surface area contributed by atoms with Crippen LogP contribution in [0.15, 0.2) is 36.4 Å². The molecule has 2 aliphatic heterocycles. The van der Waals surface area contributed by atoms with Crippen LogP contribution in [0.4, 0.5) is 5.69 Å². The second-order valence-electron chi connectivity index (χ2n) is 5.93. The van der Waals surface area contributed by atoms with Gasteiger partial charge in [-0.1, -0.05) is 12.1 Å². The fourth-order valence-corrected chi connectivity index (χ4v) is 2.87. The third-order valence-electron chi connectivity index (χ3n) is 4.12. The number of carbonyl (C=O) groups is 1. The molecular formula is C18H15NO8. The lowest BCUT2D eigenvalue weighted by Gasteiger charge is -2.25. The Morgan fingerprint density at radius 3 is 2.85 bits per heavy atom. The lowest BCUT2D eigenvalue weighted by Crippen LogP contribution is -2.37. The number of hydrogen-bond acceptors (Lipinski definition) is 8. The Labute approximate surface area is 153 Å². The van der Waals surface area contributed by atoms with E-state index in [9.17, 15) is 14.9 Å². The molecule has 0 saturated carbocycles. The van der Waals surface area contributed by atoms with Gasteiger partial charge in [0.05, 0.1) is 11.5 Å². The summed E-state index contributed by atoms with van der Waals surface area (Å²) in [5, 5.41) is 11.1. The Morgan fingerprint density at radius 2 is 2.04 bits per heavy atom. The molecule has 0 unspecified atom stereocenters. The zero-order chi connectivity index (χ0) is 18.8. The van der Waals surface area contributed by atoms with Crippen molar-refractivity contribution in [2.75, 3.05) is 13.4 Å². The van der Waals surface area contributed by atoms with Gasteiger partial charge in [-0.3, -0.25) is 10.1 Å². The maximum Gasteiger partial charge on any atom is 0.351 e. The van der Waals surface area contributed by atoms with Gasteiger partial charge < -0.3 is 23.7 Å². The van der Waals surface area contributed by atoms with E-state index in [4.69, 9.17) is 23.7 Å². The SMILES string of the molecule is O=C(OCc1cc([N+](=O)[O-])cc2c1OCOC2)[C@H]1COc2ccccc2O1. The Balaban J connectivity index is 1.48. The van der Waals surface area contributed by atoms with E-state index in [1.807, 2.05) is 0 Å². The van der Waals surface area contributed by atoms with Crippen molar-refractivity contribution in [3.05, 3.63) is 57.6 Å². The van der Waals surface area contributed by atoms with Crippen LogP contribution in [0.5, 0.6) is 17.2 Å². The zero-order valence-corrected chi connectivity index (χ0v) is 14.1. The van der Waals surface area contributed by atoms with Crippen LogP contribution in [-0.4, -0.2) is 30.4 Å². The molecule has 2 aliphatic rings. The largest absolute Gasteiger partial charge is 0.485 e. The number of non-ortho nitro benzene ring substituents is 1. The lowest BCUT2D eigenvalue weighted by molar-refractivity contribution is -0.385. The normalized spacial score (nSPS) is 17.4. The number of hydrogen-bond donors (Lipinski definition) is 0. The van der Waals surface area contributed by atoms with Gasteiger partial charge in [0.1, 0.15) is 19.0 Å². The highest BCUT2D eigenvalue weighted by molar-refractivity contribution is 5.76. The van der Waals surface area contributed by atoms with Crippen molar-refractivity contribution in [1.82, 2.24) is 0 Å². The summed E-state index contributed by atoms with van der Waals surface area (Å²) >= 11 is 0. The van der Waals surface area contributed by atoms with Gasteiger partial charge in [0, 0.05) is 23.3 Å². The molecule has 27 heavy (non-hydrogen) atoms. The minimum absolute atomic E-state index is 0.0211. The Hall–Kier alpha value is -3.33. The second-order valence-corrected chi connectivity index (χ2v) is 5.93. The first-order valence-electron chi connectivity index (χ1n) is 8.17. The van der Waals surface area contributed by atoms with Crippen LogP contribution in [0.1, 0.15) is 11.1 Å². The van der Waals surface area contributed by atoms with Crippen LogP contribution in [0, 0.1) is 10.1 Å². The van der Waals surface area contributed by atoms with Gasteiger partial charge in [-0.05, 0) is 12.1 Å². The first-order valence-corrected chi connectivity index (χ1v) is 8.17. The standard InChI is InChI=1S/C18H15NO8/c20-18(16-9-24-14-3-1-2-4-15(14)27-16)25-8-12-6-13(19(21)22)5-11-7-23-10-26-17(11)12/h1-6,16H,7-10H2/t16-/m1/s1. The van der Waals surface area contributed by atoms with E-state index in [-0.39, 0.29) is 32.3 Å². The molecule has 0 amide bonds. The first-order chi connectivity index (χ1) is 13.1. The van der Waals surface area contributed by atoms with Crippen molar-refractivity contribution in [3.63, 3.8) is 0 Å². The van der Waals surface area contributed by atoms with Crippen molar-refractivity contribution in [2.24, 2.45) is 0 Å². The fraction of sp³-hybridized carbons (Fsp3) is 0.278. The molecule has 0 aliphatic carbocycles. The second kappa shape index (κ2) is 7.12. The Bertz CT molecular complexity index is 897. The van der Waals surface area contributed by atoms with E-state index < -0.39 is 17.0 Å². The summed E-state index contributed by atoms with van der Waals surface area (Å²) in [6.45, 7) is 0.0496. The molecule has 140 valence electrons. The topological polar surface area (TPSA) is 106 Å². The summed E-state index contributed by atoms with van der Waals surface area (Å²) in [4.78, 5) is 22.9. The molecule has 0 bridgehead atoms. The highest BCUT2D eigenvalue weighted by Gasteiger charge is 2.29. The molecule has 0 saturated heterocycles. The summed E-state index contributed by atoms with van der Waals surface area (Å²) in [6, 6.07) is 9.71. The van der Waals surface area contributed by atoms with Crippen LogP contribution in [0.25, 0.3) is 0 Å². The summed E-state index contributed by atoms with van der Waals surface area (Å²) in [5.74, 6) is 0.823. The number of rotatable bonds is 4. The molecular weight excluding hydrogens is 358 g/mol. The number of nitro groups is 1. The lowest BCUT2D eigenvalue weighted by atomic mass is 10.1. The maximum atomic E-state index is 12.3. The van der Waals surface area contributed by atoms with Gasteiger partial charge in [-0.2, -0.15) is 0 Å². The highest BCUT2D eigenvalue weighted by atomic mass is 16.7. The molecule has 2 heterocycles. The summed E-state index contributed by atoms with van der Waals surface area (Å²) in [5.41, 5.74) is 0.806. The average Bonchev–Trinajstić information content (AvgIpc) is 2.71. The predicted octanol–water partition coefficient (Wildman–Crippen LogP) is 2.34. The smallest absolute Gasteiger partial charge is 0.351 e. The number of carbonyl (C=O) groups excluding carboxylic acids is 1. The number of para-hydroxylation sites is 2. The van der Waals surface area contributed by atoms with Crippen molar-refractivity contribution < 1.29 is 33.4 Å². The minimum atomic E-state index is -0.918. The Morgan fingerprint density at radius 1 is 1.22 bits per heavy atom. The first kappa shape index (κ1) is 17.1. The monoisotopic (exact) mass is 373 g/mol. The number of esters is 1. The minimum Gasteiger partial charge on any atom is -0.485 e. The maximum absolute atomic E-state index is 12.3. The molecule has 4 rings (SSSR count). The van der Waals surface area contributed by atoms with E-state index >= 15 is 0 Å². The molecule has 0 radical (unpaired) electrons. The molecule has 0 spiro atoms. The van der Waals surface area contributed by atoms with Gasteiger partial charge in [-0.25, -0.2) is 4.79 Å². The zero-order valence-electron chi connectivity index (χ0n) is 14.1. The van der Waals surface area contributed by atoms with E-state index in [2.05, 4.69) is 0 Å². The Kier molecular flexibility index (Phi) is 4.51. The molecule has 2 aromatic rings. The van der Waals surface area contributed by atoms with Gasteiger partial charge in [0.15, 0.2) is 18.3 Å². The van der Waals surface area contributed by atoms with Crippen LogP contribution in [0.2, 0.25) is 0 Å². The van der Waals surface area contributed by atoms with Crippen LogP contribution in [0.3, 0.4) is 0 Å². The van der Waals surface area contributed by atoms with Crippen molar-refractivity contribution >= 4 is 11.7 Å². The van der Waals surface area contributed by atoms with Gasteiger partial charge >= 0.3 is 5.97 Å². The summed E-state index contributed by atoms with van der Waals surface area (Å²) in [6.07, 6.45) is -0.918. The fourth-order valence-electron chi connectivity index (χ4n) is 2.87.